The van der Waals surface area contributed by atoms with E-state index in [4.69, 9.17) is 14.2 Å². The van der Waals surface area contributed by atoms with Crippen molar-refractivity contribution in [2.24, 2.45) is 0 Å². The van der Waals surface area contributed by atoms with Crippen molar-refractivity contribution in [2.75, 3.05) is 20.3 Å². The van der Waals surface area contributed by atoms with Crippen LogP contribution in [-0.2, 0) is 16.1 Å². The van der Waals surface area contributed by atoms with E-state index in [2.05, 4.69) is 5.32 Å². The second-order valence-corrected chi connectivity index (χ2v) is 4.56. The number of hydrogen-bond acceptors (Lipinski definition) is 5. The van der Waals surface area contributed by atoms with Crippen LogP contribution < -0.4 is 14.8 Å². The Balaban J connectivity index is 2.77. The Morgan fingerprint density at radius 1 is 1.35 bits per heavy atom. The van der Waals surface area contributed by atoms with Gasteiger partial charge in [0.05, 0.1) is 13.2 Å². The summed E-state index contributed by atoms with van der Waals surface area (Å²) in [5, 5.41) is 3.22. The minimum absolute atomic E-state index is 0.127. The molecule has 1 rings (SSSR count). The molecular formula is C15H23NO4. The Morgan fingerprint density at radius 2 is 2.10 bits per heavy atom. The molecule has 20 heavy (non-hydrogen) atoms. The lowest BCUT2D eigenvalue weighted by Crippen LogP contribution is -2.20. The lowest BCUT2D eigenvalue weighted by atomic mass is 10.2. The molecular weight excluding hydrogens is 258 g/mol. The zero-order valence-corrected chi connectivity index (χ0v) is 12.6. The molecule has 0 bridgehead atoms. The third kappa shape index (κ3) is 5.09. The number of carbonyl (C=O) groups is 1. The van der Waals surface area contributed by atoms with Crippen LogP contribution in [0.3, 0.4) is 0 Å². The fourth-order valence-electron chi connectivity index (χ4n) is 1.71. The number of benzene rings is 1. The minimum Gasteiger partial charge on any atom is -0.493 e. The first-order valence-corrected chi connectivity index (χ1v) is 6.77. The summed E-state index contributed by atoms with van der Waals surface area (Å²) in [6.07, 6.45) is -0.148. The summed E-state index contributed by atoms with van der Waals surface area (Å²) in [7, 11) is 1.58. The van der Waals surface area contributed by atoms with Crippen LogP contribution >= 0.6 is 0 Å². The van der Waals surface area contributed by atoms with Gasteiger partial charge in [0, 0.05) is 12.1 Å². The molecule has 112 valence electrons. The first kappa shape index (κ1) is 16.3. The van der Waals surface area contributed by atoms with Gasteiger partial charge in [0.2, 0.25) is 0 Å². The van der Waals surface area contributed by atoms with E-state index < -0.39 is 0 Å². The van der Waals surface area contributed by atoms with Crippen molar-refractivity contribution in [2.45, 2.75) is 33.4 Å². The molecule has 0 aromatic heterocycles. The summed E-state index contributed by atoms with van der Waals surface area (Å²) in [5.41, 5.74) is 0.948. The van der Waals surface area contributed by atoms with Crippen LogP contribution in [-0.4, -0.2) is 32.3 Å². The molecule has 0 aliphatic carbocycles. The Kier molecular flexibility index (Phi) is 6.87. The Bertz CT molecular complexity index is 432. The number of rotatable bonds is 8. The first-order chi connectivity index (χ1) is 9.58. The minimum atomic E-state index is -0.389. The van der Waals surface area contributed by atoms with Gasteiger partial charge in [-0.1, -0.05) is 19.1 Å². The summed E-state index contributed by atoms with van der Waals surface area (Å²) >= 11 is 0. The van der Waals surface area contributed by atoms with Crippen molar-refractivity contribution in [3.63, 3.8) is 0 Å². The van der Waals surface area contributed by atoms with Crippen molar-refractivity contribution >= 4 is 5.97 Å². The molecule has 0 aliphatic heterocycles. The van der Waals surface area contributed by atoms with Gasteiger partial charge in [-0.15, -0.1) is 0 Å². The van der Waals surface area contributed by atoms with Gasteiger partial charge in [0.25, 0.3) is 0 Å². The average molecular weight is 281 g/mol. The predicted octanol–water partition coefficient (Wildman–Crippen LogP) is 2.14. The van der Waals surface area contributed by atoms with Crippen LogP contribution in [0.5, 0.6) is 11.5 Å². The summed E-state index contributed by atoms with van der Waals surface area (Å²) in [5.74, 6) is 0.801. The zero-order chi connectivity index (χ0) is 15.0. The molecule has 0 amide bonds. The van der Waals surface area contributed by atoms with E-state index in [9.17, 15) is 4.79 Å². The van der Waals surface area contributed by atoms with Gasteiger partial charge >= 0.3 is 5.97 Å². The number of ether oxygens (including phenoxy) is 3. The summed E-state index contributed by atoms with van der Waals surface area (Å²) < 4.78 is 15.9. The third-order valence-electron chi connectivity index (χ3n) is 2.55. The van der Waals surface area contributed by atoms with Crippen molar-refractivity contribution in [3.8, 4) is 11.5 Å². The molecule has 5 heteroatoms. The van der Waals surface area contributed by atoms with Crippen LogP contribution in [0, 0.1) is 0 Å². The van der Waals surface area contributed by atoms with E-state index in [1.165, 1.54) is 0 Å². The standard InChI is InChI=1S/C15H23NO4/c1-5-16-9-12-7-6-8-13(18-4)15(12)19-10-14(17)20-11(2)3/h6-8,11,16H,5,9-10H2,1-4H3. The van der Waals surface area contributed by atoms with E-state index in [0.29, 0.717) is 18.0 Å². The maximum Gasteiger partial charge on any atom is 0.344 e. The topological polar surface area (TPSA) is 56.8 Å². The first-order valence-electron chi connectivity index (χ1n) is 6.77. The molecule has 0 spiro atoms. The highest BCUT2D eigenvalue weighted by Gasteiger charge is 2.13. The Hall–Kier alpha value is -1.75. The molecule has 0 fully saturated rings. The summed E-state index contributed by atoms with van der Waals surface area (Å²) in [6, 6.07) is 5.64. The smallest absolute Gasteiger partial charge is 0.344 e. The number of esters is 1. The van der Waals surface area contributed by atoms with Gasteiger partial charge < -0.3 is 19.5 Å². The second-order valence-electron chi connectivity index (χ2n) is 4.56. The van der Waals surface area contributed by atoms with Crippen molar-refractivity contribution in [3.05, 3.63) is 23.8 Å². The van der Waals surface area contributed by atoms with Crippen LogP contribution in [0.2, 0.25) is 0 Å². The molecule has 0 unspecified atom stereocenters. The highest BCUT2D eigenvalue weighted by atomic mass is 16.6. The van der Waals surface area contributed by atoms with Crippen LogP contribution in [0.25, 0.3) is 0 Å². The highest BCUT2D eigenvalue weighted by molar-refractivity contribution is 5.71. The Labute approximate surface area is 120 Å². The molecule has 0 saturated heterocycles. The number of carbonyl (C=O) groups excluding carboxylic acids is 1. The van der Waals surface area contributed by atoms with Crippen LogP contribution in [0.4, 0.5) is 0 Å². The third-order valence-corrected chi connectivity index (χ3v) is 2.55. The van der Waals surface area contributed by atoms with E-state index in [1.54, 1.807) is 27.0 Å². The van der Waals surface area contributed by atoms with Crippen molar-refractivity contribution in [1.29, 1.82) is 0 Å². The molecule has 0 aliphatic rings. The molecule has 1 N–H and O–H groups in total. The fourth-order valence-corrected chi connectivity index (χ4v) is 1.71. The van der Waals surface area contributed by atoms with Gasteiger partial charge in [-0.25, -0.2) is 4.79 Å². The summed E-state index contributed by atoms with van der Waals surface area (Å²) in [4.78, 5) is 11.5. The maximum atomic E-state index is 11.5. The number of nitrogens with one attached hydrogen (secondary N) is 1. The molecule has 1 aromatic carbocycles. The van der Waals surface area contributed by atoms with E-state index in [1.807, 2.05) is 19.1 Å². The second kappa shape index (κ2) is 8.43. The fraction of sp³-hybridized carbons (Fsp3) is 0.533. The van der Waals surface area contributed by atoms with Gasteiger partial charge in [-0.2, -0.15) is 0 Å². The van der Waals surface area contributed by atoms with Gasteiger partial charge in [0.15, 0.2) is 18.1 Å². The lowest BCUT2D eigenvalue weighted by Gasteiger charge is -2.15. The normalized spacial score (nSPS) is 10.4. The molecule has 0 heterocycles. The molecule has 0 atom stereocenters. The SMILES string of the molecule is CCNCc1cccc(OC)c1OCC(=O)OC(C)C. The maximum absolute atomic E-state index is 11.5. The number of methoxy groups -OCH3 is 1. The molecule has 1 aromatic rings. The van der Waals surface area contributed by atoms with Gasteiger partial charge in [0.1, 0.15) is 0 Å². The van der Waals surface area contributed by atoms with Crippen LogP contribution in [0.1, 0.15) is 26.3 Å². The zero-order valence-electron chi connectivity index (χ0n) is 12.6. The van der Waals surface area contributed by atoms with Gasteiger partial charge in [-0.05, 0) is 26.5 Å². The van der Waals surface area contributed by atoms with E-state index >= 15 is 0 Å². The lowest BCUT2D eigenvalue weighted by molar-refractivity contribution is -0.149. The quantitative estimate of drug-likeness (QED) is 0.740. The van der Waals surface area contributed by atoms with Crippen LogP contribution in [0.15, 0.2) is 18.2 Å². The number of para-hydroxylation sites is 1. The number of hydrogen-bond donors (Lipinski definition) is 1. The average Bonchev–Trinajstić information content (AvgIpc) is 2.42. The van der Waals surface area contributed by atoms with Gasteiger partial charge in [-0.3, -0.25) is 0 Å². The molecule has 0 saturated carbocycles. The van der Waals surface area contributed by atoms with Crippen molar-refractivity contribution in [1.82, 2.24) is 5.32 Å². The highest BCUT2D eigenvalue weighted by Crippen LogP contribution is 2.31. The molecule has 5 nitrogen and oxygen atoms in total. The van der Waals surface area contributed by atoms with Crippen molar-refractivity contribution < 1.29 is 19.0 Å². The molecule has 0 radical (unpaired) electrons. The van der Waals surface area contributed by atoms with E-state index in [-0.39, 0.29) is 18.7 Å². The summed E-state index contributed by atoms with van der Waals surface area (Å²) in [6.45, 7) is 7.02. The van der Waals surface area contributed by atoms with E-state index in [0.717, 1.165) is 12.1 Å². The predicted molar refractivity (Wildman–Crippen MR) is 77.1 cm³/mol. The Morgan fingerprint density at radius 3 is 2.70 bits per heavy atom. The largest absolute Gasteiger partial charge is 0.493 e. The monoisotopic (exact) mass is 281 g/mol.